The van der Waals surface area contributed by atoms with Crippen LogP contribution in [0.3, 0.4) is 0 Å². The molecule has 2 aromatic carbocycles. The van der Waals surface area contributed by atoms with Gasteiger partial charge in [0.1, 0.15) is 0 Å². The molecule has 23 heavy (non-hydrogen) atoms. The minimum absolute atomic E-state index is 0.160. The fourth-order valence-electron chi connectivity index (χ4n) is 2.07. The monoisotopic (exact) mass is 329 g/mol. The molecule has 2 aromatic rings. The van der Waals surface area contributed by atoms with E-state index in [2.05, 4.69) is 11.4 Å². The highest BCUT2D eigenvalue weighted by Gasteiger charge is 2.13. The summed E-state index contributed by atoms with van der Waals surface area (Å²) in [5, 5.41) is 2.77. The number of benzene rings is 2. The lowest BCUT2D eigenvalue weighted by Crippen LogP contribution is -2.17. The minimum atomic E-state index is -0.469. The fourth-order valence-corrected chi connectivity index (χ4v) is 3.00. The number of amides is 1. The molecule has 0 aliphatic heterocycles. The first-order valence-corrected chi connectivity index (χ1v) is 8.17. The summed E-state index contributed by atoms with van der Waals surface area (Å²) in [4.78, 5) is 24.9. The van der Waals surface area contributed by atoms with Crippen LogP contribution in [-0.4, -0.2) is 24.7 Å². The van der Waals surface area contributed by atoms with E-state index in [1.807, 2.05) is 26.0 Å². The van der Waals surface area contributed by atoms with Crippen LogP contribution in [0.4, 0.5) is 5.69 Å². The first-order chi connectivity index (χ1) is 11.0. The number of esters is 1. The zero-order valence-electron chi connectivity index (χ0n) is 13.4. The Morgan fingerprint density at radius 1 is 1.13 bits per heavy atom. The maximum atomic E-state index is 12.2. The SMILES string of the molecule is COC(=O)c1ccccc1NC(=O)CSc1cc(C)ccc1C. The Hall–Kier alpha value is -2.27. The smallest absolute Gasteiger partial charge is 0.339 e. The van der Waals surface area contributed by atoms with E-state index in [1.165, 1.54) is 18.9 Å². The Labute approximate surface area is 140 Å². The molecular weight excluding hydrogens is 310 g/mol. The molecule has 2 rings (SSSR count). The van der Waals surface area contributed by atoms with Crippen molar-refractivity contribution in [3.8, 4) is 0 Å². The van der Waals surface area contributed by atoms with Crippen LogP contribution in [0.1, 0.15) is 21.5 Å². The summed E-state index contributed by atoms with van der Waals surface area (Å²) in [6.45, 7) is 4.04. The van der Waals surface area contributed by atoms with Gasteiger partial charge in [-0.2, -0.15) is 0 Å². The second-order valence-electron chi connectivity index (χ2n) is 5.14. The van der Waals surface area contributed by atoms with Crippen LogP contribution in [0.15, 0.2) is 47.4 Å². The van der Waals surface area contributed by atoms with Gasteiger partial charge in [-0.05, 0) is 37.6 Å². The third-order valence-electron chi connectivity index (χ3n) is 3.31. The summed E-state index contributed by atoms with van der Waals surface area (Å²) in [5.74, 6) is -0.352. The van der Waals surface area contributed by atoms with Crippen molar-refractivity contribution in [1.82, 2.24) is 0 Å². The topological polar surface area (TPSA) is 55.4 Å². The molecule has 0 aliphatic carbocycles. The van der Waals surface area contributed by atoms with Crippen LogP contribution < -0.4 is 5.32 Å². The quantitative estimate of drug-likeness (QED) is 0.669. The van der Waals surface area contributed by atoms with E-state index in [0.717, 1.165) is 16.0 Å². The van der Waals surface area contributed by atoms with Crippen molar-refractivity contribution in [2.24, 2.45) is 0 Å². The van der Waals surface area contributed by atoms with E-state index < -0.39 is 5.97 Å². The second kappa shape index (κ2) is 7.83. The number of ether oxygens (including phenoxy) is 1. The average Bonchev–Trinajstić information content (AvgIpc) is 2.55. The molecule has 1 amide bonds. The Morgan fingerprint density at radius 2 is 1.87 bits per heavy atom. The molecule has 0 heterocycles. The van der Waals surface area contributed by atoms with E-state index in [1.54, 1.807) is 24.3 Å². The summed E-state index contributed by atoms with van der Waals surface area (Å²) in [7, 11) is 1.32. The molecule has 0 saturated heterocycles. The molecule has 5 heteroatoms. The number of aryl methyl sites for hydroxylation is 2. The van der Waals surface area contributed by atoms with Crippen molar-refractivity contribution in [3.05, 3.63) is 59.2 Å². The lowest BCUT2D eigenvalue weighted by molar-refractivity contribution is -0.113. The summed E-state index contributed by atoms with van der Waals surface area (Å²) in [5.41, 5.74) is 3.11. The van der Waals surface area contributed by atoms with Crippen LogP contribution in [-0.2, 0) is 9.53 Å². The van der Waals surface area contributed by atoms with Crippen molar-refractivity contribution < 1.29 is 14.3 Å². The van der Waals surface area contributed by atoms with Gasteiger partial charge < -0.3 is 10.1 Å². The van der Waals surface area contributed by atoms with Crippen LogP contribution in [0.25, 0.3) is 0 Å². The van der Waals surface area contributed by atoms with Gasteiger partial charge in [0.25, 0.3) is 0 Å². The molecule has 0 fully saturated rings. The molecule has 0 spiro atoms. The summed E-state index contributed by atoms with van der Waals surface area (Å²) >= 11 is 1.48. The molecule has 0 saturated carbocycles. The lowest BCUT2D eigenvalue weighted by atomic mass is 10.2. The number of carbonyl (C=O) groups is 2. The molecule has 0 unspecified atom stereocenters. The number of rotatable bonds is 5. The van der Waals surface area contributed by atoms with Crippen molar-refractivity contribution in [2.45, 2.75) is 18.7 Å². The van der Waals surface area contributed by atoms with Gasteiger partial charge in [-0.1, -0.05) is 29.8 Å². The van der Waals surface area contributed by atoms with Gasteiger partial charge in [0, 0.05) is 4.90 Å². The molecule has 4 nitrogen and oxygen atoms in total. The zero-order chi connectivity index (χ0) is 16.8. The van der Waals surface area contributed by atoms with Gasteiger partial charge in [-0.3, -0.25) is 4.79 Å². The molecule has 0 aliphatic rings. The standard InChI is InChI=1S/C18H19NO3S/c1-12-8-9-13(2)16(10-12)23-11-17(20)19-15-7-5-4-6-14(15)18(21)22-3/h4-10H,11H2,1-3H3,(H,19,20). The fraction of sp³-hybridized carbons (Fsp3) is 0.222. The number of hydrogen-bond acceptors (Lipinski definition) is 4. The Bertz CT molecular complexity index is 728. The molecule has 0 aromatic heterocycles. The summed E-state index contributed by atoms with van der Waals surface area (Å²) in [6, 6.07) is 13.0. The van der Waals surface area contributed by atoms with Crippen LogP contribution in [0, 0.1) is 13.8 Å². The molecule has 0 bridgehead atoms. The number of hydrogen-bond donors (Lipinski definition) is 1. The van der Waals surface area contributed by atoms with Crippen LogP contribution in [0.2, 0.25) is 0 Å². The molecule has 120 valence electrons. The van der Waals surface area contributed by atoms with E-state index >= 15 is 0 Å². The first kappa shape index (κ1) is 17.1. The largest absolute Gasteiger partial charge is 0.465 e. The van der Waals surface area contributed by atoms with Gasteiger partial charge in [-0.15, -0.1) is 11.8 Å². The highest BCUT2D eigenvalue weighted by atomic mass is 32.2. The predicted molar refractivity (Wildman–Crippen MR) is 93.1 cm³/mol. The Kier molecular flexibility index (Phi) is 5.82. The van der Waals surface area contributed by atoms with E-state index in [-0.39, 0.29) is 11.7 Å². The minimum Gasteiger partial charge on any atom is -0.465 e. The van der Waals surface area contributed by atoms with Crippen molar-refractivity contribution in [1.29, 1.82) is 0 Å². The predicted octanol–water partition coefficient (Wildman–Crippen LogP) is 3.82. The summed E-state index contributed by atoms with van der Waals surface area (Å²) < 4.78 is 4.72. The van der Waals surface area contributed by atoms with Crippen molar-refractivity contribution in [3.63, 3.8) is 0 Å². The number of para-hydroxylation sites is 1. The zero-order valence-corrected chi connectivity index (χ0v) is 14.2. The van der Waals surface area contributed by atoms with Crippen LogP contribution in [0.5, 0.6) is 0 Å². The molecule has 0 atom stereocenters. The summed E-state index contributed by atoms with van der Waals surface area (Å²) in [6.07, 6.45) is 0. The number of methoxy groups -OCH3 is 1. The molecule has 1 N–H and O–H groups in total. The van der Waals surface area contributed by atoms with Crippen molar-refractivity contribution >= 4 is 29.3 Å². The third kappa shape index (κ3) is 4.60. The Balaban J connectivity index is 2.03. The van der Waals surface area contributed by atoms with Gasteiger partial charge in [0.2, 0.25) is 5.91 Å². The van der Waals surface area contributed by atoms with Gasteiger partial charge >= 0.3 is 5.97 Å². The highest BCUT2D eigenvalue weighted by Crippen LogP contribution is 2.24. The van der Waals surface area contributed by atoms with E-state index in [4.69, 9.17) is 4.74 Å². The maximum Gasteiger partial charge on any atom is 0.339 e. The van der Waals surface area contributed by atoms with Gasteiger partial charge in [-0.25, -0.2) is 4.79 Å². The van der Waals surface area contributed by atoms with E-state index in [0.29, 0.717) is 11.3 Å². The maximum absolute atomic E-state index is 12.2. The van der Waals surface area contributed by atoms with Crippen molar-refractivity contribution in [2.75, 3.05) is 18.2 Å². The number of carbonyl (C=O) groups excluding carboxylic acids is 2. The van der Waals surface area contributed by atoms with E-state index in [9.17, 15) is 9.59 Å². The third-order valence-corrected chi connectivity index (χ3v) is 4.47. The second-order valence-corrected chi connectivity index (χ2v) is 6.16. The average molecular weight is 329 g/mol. The molecule has 0 radical (unpaired) electrons. The number of thioether (sulfide) groups is 1. The Morgan fingerprint density at radius 3 is 2.61 bits per heavy atom. The highest BCUT2D eigenvalue weighted by molar-refractivity contribution is 8.00. The normalized spacial score (nSPS) is 10.2. The van der Waals surface area contributed by atoms with Gasteiger partial charge in [0.05, 0.1) is 24.1 Å². The number of nitrogens with one attached hydrogen (secondary N) is 1. The molecular formula is C18H19NO3S. The first-order valence-electron chi connectivity index (χ1n) is 7.18. The lowest BCUT2D eigenvalue weighted by Gasteiger charge is -2.10. The number of anilines is 1. The van der Waals surface area contributed by atoms with Gasteiger partial charge in [0.15, 0.2) is 0 Å². The van der Waals surface area contributed by atoms with Crippen LogP contribution >= 0.6 is 11.8 Å².